The molecular weight excluding hydrogens is 379 g/mol. The lowest BCUT2D eigenvalue weighted by Crippen LogP contribution is -2.26. The minimum absolute atomic E-state index is 0.00486. The van der Waals surface area contributed by atoms with Crippen molar-refractivity contribution in [3.63, 3.8) is 0 Å². The molecule has 0 aliphatic heterocycles. The first-order chi connectivity index (χ1) is 12.2. The van der Waals surface area contributed by atoms with Crippen molar-refractivity contribution in [1.82, 2.24) is 0 Å². The van der Waals surface area contributed by atoms with Gasteiger partial charge in [-0.25, -0.2) is 4.79 Å². The van der Waals surface area contributed by atoms with E-state index in [0.29, 0.717) is 13.0 Å². The van der Waals surface area contributed by atoms with Crippen LogP contribution < -0.4 is 0 Å². The number of carbonyl (C=O) groups is 2. The van der Waals surface area contributed by atoms with E-state index >= 15 is 0 Å². The molecule has 0 radical (unpaired) electrons. The number of ether oxygens (including phenoxy) is 2. The maximum atomic E-state index is 11.9. The summed E-state index contributed by atoms with van der Waals surface area (Å²) in [6.07, 6.45) is 3.98. The third-order valence-electron chi connectivity index (χ3n) is 4.19. The molecule has 0 spiro atoms. The highest BCUT2D eigenvalue weighted by atomic mass is 35.5. The Labute approximate surface area is 164 Å². The van der Waals surface area contributed by atoms with E-state index in [0.717, 1.165) is 25.7 Å². The molecule has 5 nitrogen and oxygen atoms in total. The van der Waals surface area contributed by atoms with Crippen LogP contribution in [0.3, 0.4) is 0 Å². The summed E-state index contributed by atoms with van der Waals surface area (Å²) >= 11 is 11.6. The van der Waals surface area contributed by atoms with Crippen molar-refractivity contribution in [3.8, 4) is 5.75 Å². The Kier molecular flexibility index (Phi) is 9.23. The summed E-state index contributed by atoms with van der Waals surface area (Å²) in [7, 11) is 0. The van der Waals surface area contributed by atoms with Gasteiger partial charge in [0, 0.05) is 0 Å². The molecule has 0 aromatic heterocycles. The molecule has 0 fully saturated rings. The van der Waals surface area contributed by atoms with Crippen LogP contribution in [0.4, 0.5) is 0 Å². The van der Waals surface area contributed by atoms with E-state index in [1.807, 2.05) is 20.8 Å². The number of benzene rings is 1. The predicted octanol–water partition coefficient (Wildman–Crippen LogP) is 5.40. The molecule has 1 aromatic rings. The first-order valence-electron chi connectivity index (χ1n) is 8.71. The molecule has 1 aromatic carbocycles. The van der Waals surface area contributed by atoms with Gasteiger partial charge in [-0.2, -0.15) is 0 Å². The molecule has 26 heavy (non-hydrogen) atoms. The Morgan fingerprint density at radius 1 is 1.00 bits per heavy atom. The van der Waals surface area contributed by atoms with Gasteiger partial charge >= 0.3 is 11.9 Å². The highest BCUT2D eigenvalue weighted by molar-refractivity contribution is 6.37. The smallest absolute Gasteiger partial charge is 0.338 e. The number of carbonyl (C=O) groups excluding carboxylic acids is 2. The van der Waals surface area contributed by atoms with E-state index < -0.39 is 11.4 Å². The summed E-state index contributed by atoms with van der Waals surface area (Å²) in [6, 6.07) is 2.63. The second-order valence-electron chi connectivity index (χ2n) is 6.71. The summed E-state index contributed by atoms with van der Waals surface area (Å²) in [5.41, 5.74) is -0.239. The van der Waals surface area contributed by atoms with Gasteiger partial charge in [-0.1, -0.05) is 30.1 Å². The lowest BCUT2D eigenvalue weighted by Gasteiger charge is -2.20. The number of unbranched alkanes of at least 4 members (excludes halogenated alkanes) is 3. The van der Waals surface area contributed by atoms with E-state index in [9.17, 15) is 14.7 Å². The van der Waals surface area contributed by atoms with Gasteiger partial charge in [0.2, 0.25) is 0 Å². The second kappa shape index (κ2) is 10.6. The average molecular weight is 405 g/mol. The number of esters is 2. The van der Waals surface area contributed by atoms with Crippen LogP contribution in [-0.4, -0.2) is 30.3 Å². The molecule has 0 aliphatic rings. The predicted molar refractivity (Wildman–Crippen MR) is 102 cm³/mol. The van der Waals surface area contributed by atoms with Crippen molar-refractivity contribution in [1.29, 1.82) is 0 Å². The standard InChI is InChI=1S/C19H26Cl2O5/c1-4-19(2,3)18(24)26-10-8-6-5-7-9-25-17(23)13-11-14(20)16(22)15(21)12-13/h11-12,22H,4-10H2,1-3H3. The minimum atomic E-state index is -0.537. The molecule has 0 unspecified atom stereocenters. The van der Waals surface area contributed by atoms with Crippen LogP contribution in [0.15, 0.2) is 12.1 Å². The van der Waals surface area contributed by atoms with Crippen LogP contribution in [0.25, 0.3) is 0 Å². The highest BCUT2D eigenvalue weighted by Gasteiger charge is 2.26. The van der Waals surface area contributed by atoms with Crippen molar-refractivity contribution in [2.45, 2.75) is 52.9 Å². The summed E-state index contributed by atoms with van der Waals surface area (Å²) < 4.78 is 10.4. The molecule has 7 heteroatoms. The van der Waals surface area contributed by atoms with Crippen molar-refractivity contribution in [2.24, 2.45) is 5.41 Å². The molecule has 0 aliphatic carbocycles. The number of hydrogen-bond donors (Lipinski definition) is 1. The summed E-state index contributed by atoms with van der Waals surface area (Å²) in [5, 5.41) is 9.48. The van der Waals surface area contributed by atoms with Crippen LogP contribution in [-0.2, 0) is 14.3 Å². The normalized spacial score (nSPS) is 11.3. The van der Waals surface area contributed by atoms with Gasteiger partial charge < -0.3 is 14.6 Å². The topological polar surface area (TPSA) is 72.8 Å². The van der Waals surface area contributed by atoms with Gasteiger partial charge in [-0.3, -0.25) is 4.79 Å². The fourth-order valence-electron chi connectivity index (χ4n) is 1.99. The molecule has 146 valence electrons. The molecule has 0 saturated heterocycles. The monoisotopic (exact) mass is 404 g/mol. The Morgan fingerprint density at radius 3 is 2.00 bits per heavy atom. The zero-order chi connectivity index (χ0) is 19.7. The molecule has 0 atom stereocenters. The van der Waals surface area contributed by atoms with Gasteiger partial charge in [0.1, 0.15) is 0 Å². The van der Waals surface area contributed by atoms with E-state index in [4.69, 9.17) is 32.7 Å². The zero-order valence-corrected chi connectivity index (χ0v) is 17.0. The first kappa shape index (κ1) is 22.6. The Bertz CT molecular complexity index is 605. The Balaban J connectivity index is 2.18. The van der Waals surface area contributed by atoms with Gasteiger partial charge in [-0.05, 0) is 58.1 Å². The first-order valence-corrected chi connectivity index (χ1v) is 9.47. The third-order valence-corrected chi connectivity index (χ3v) is 4.77. The van der Waals surface area contributed by atoms with Crippen molar-refractivity contribution in [2.75, 3.05) is 13.2 Å². The van der Waals surface area contributed by atoms with Gasteiger partial charge in [-0.15, -0.1) is 0 Å². The van der Waals surface area contributed by atoms with Gasteiger partial charge in [0.25, 0.3) is 0 Å². The van der Waals surface area contributed by atoms with Crippen molar-refractivity contribution < 1.29 is 24.2 Å². The number of phenols is 1. The highest BCUT2D eigenvalue weighted by Crippen LogP contribution is 2.32. The Morgan fingerprint density at radius 2 is 1.50 bits per heavy atom. The fourth-order valence-corrected chi connectivity index (χ4v) is 2.48. The number of aromatic hydroxyl groups is 1. The lowest BCUT2D eigenvalue weighted by atomic mass is 9.91. The maximum Gasteiger partial charge on any atom is 0.338 e. The SMILES string of the molecule is CCC(C)(C)C(=O)OCCCCCCOC(=O)c1cc(Cl)c(O)c(Cl)c1. The van der Waals surface area contributed by atoms with Crippen LogP contribution in [0.2, 0.25) is 10.0 Å². The number of phenolic OH excluding ortho intramolecular Hbond substituents is 1. The number of rotatable bonds is 10. The summed E-state index contributed by atoms with van der Waals surface area (Å²) in [4.78, 5) is 23.7. The Hall–Kier alpha value is -1.46. The molecule has 1 rings (SSSR count). The largest absolute Gasteiger partial charge is 0.505 e. The molecule has 0 amide bonds. The zero-order valence-electron chi connectivity index (χ0n) is 15.4. The van der Waals surface area contributed by atoms with Gasteiger partial charge in [0.05, 0.1) is 34.2 Å². The van der Waals surface area contributed by atoms with Crippen LogP contribution in [0.5, 0.6) is 5.75 Å². The van der Waals surface area contributed by atoms with E-state index in [2.05, 4.69) is 0 Å². The second-order valence-corrected chi connectivity index (χ2v) is 7.53. The number of halogens is 2. The van der Waals surface area contributed by atoms with E-state index in [1.165, 1.54) is 12.1 Å². The maximum absolute atomic E-state index is 11.9. The van der Waals surface area contributed by atoms with Crippen LogP contribution in [0.1, 0.15) is 63.2 Å². The van der Waals surface area contributed by atoms with Gasteiger partial charge in [0.15, 0.2) is 5.75 Å². The van der Waals surface area contributed by atoms with E-state index in [1.54, 1.807) is 0 Å². The van der Waals surface area contributed by atoms with Crippen molar-refractivity contribution >= 4 is 35.1 Å². The van der Waals surface area contributed by atoms with Crippen molar-refractivity contribution in [3.05, 3.63) is 27.7 Å². The number of hydrogen-bond acceptors (Lipinski definition) is 5. The average Bonchev–Trinajstić information content (AvgIpc) is 2.60. The molecule has 0 bridgehead atoms. The molecule has 0 saturated carbocycles. The molecule has 1 N–H and O–H groups in total. The van der Waals surface area contributed by atoms with E-state index in [-0.39, 0.29) is 33.9 Å². The fraction of sp³-hybridized carbons (Fsp3) is 0.579. The lowest BCUT2D eigenvalue weighted by molar-refractivity contribution is -0.154. The van der Waals surface area contributed by atoms with Crippen LogP contribution in [0, 0.1) is 5.41 Å². The summed E-state index contributed by atoms with van der Waals surface area (Å²) in [5.74, 6) is -0.961. The quantitative estimate of drug-likeness (QED) is 0.417. The summed E-state index contributed by atoms with van der Waals surface area (Å²) in [6.45, 7) is 6.39. The minimum Gasteiger partial charge on any atom is -0.505 e. The molecule has 0 heterocycles. The molecular formula is C19H26Cl2O5. The third kappa shape index (κ3) is 7.04. The van der Waals surface area contributed by atoms with Crippen LogP contribution >= 0.6 is 23.2 Å².